The number of pyridine rings is 1. The first-order valence-electron chi connectivity index (χ1n) is 8.82. The molecule has 0 bridgehead atoms. The standard InChI is InChI=1S/C20H14N6O2S/c27-16-10-13(23-15-8-4-5-9-25(15)16)11-29-20-24-17-18(21-12-22-19(17)28)26(20)14-6-2-1-3-7-14/h1-10,12H,11H2,(H,21,22,28). The molecule has 9 heteroatoms. The second kappa shape index (κ2) is 7.02. The van der Waals surface area contributed by atoms with Gasteiger partial charge in [-0.2, -0.15) is 0 Å². The number of hydrogen-bond acceptors (Lipinski definition) is 6. The van der Waals surface area contributed by atoms with E-state index in [1.165, 1.54) is 28.6 Å². The first-order valence-corrected chi connectivity index (χ1v) is 9.81. The molecule has 0 aliphatic rings. The van der Waals surface area contributed by atoms with Gasteiger partial charge in [0, 0.05) is 23.7 Å². The summed E-state index contributed by atoms with van der Waals surface area (Å²) in [5, 5.41) is 0.602. The molecule has 0 aliphatic heterocycles. The van der Waals surface area contributed by atoms with Gasteiger partial charge in [-0.3, -0.25) is 18.6 Å². The Morgan fingerprint density at radius 2 is 1.83 bits per heavy atom. The predicted molar refractivity (Wildman–Crippen MR) is 111 cm³/mol. The minimum atomic E-state index is -0.298. The zero-order valence-electron chi connectivity index (χ0n) is 15.0. The fourth-order valence-electron chi connectivity index (χ4n) is 3.11. The summed E-state index contributed by atoms with van der Waals surface area (Å²) in [5.74, 6) is 0.425. The molecule has 0 saturated heterocycles. The van der Waals surface area contributed by atoms with Gasteiger partial charge >= 0.3 is 0 Å². The molecular weight excluding hydrogens is 388 g/mol. The number of aromatic nitrogens is 6. The lowest BCUT2D eigenvalue weighted by Crippen LogP contribution is -2.14. The van der Waals surface area contributed by atoms with Gasteiger partial charge in [0.1, 0.15) is 5.65 Å². The first-order chi connectivity index (χ1) is 14.2. The highest BCUT2D eigenvalue weighted by atomic mass is 32.2. The number of aromatic amines is 1. The van der Waals surface area contributed by atoms with E-state index >= 15 is 0 Å². The zero-order valence-corrected chi connectivity index (χ0v) is 15.8. The summed E-state index contributed by atoms with van der Waals surface area (Å²) >= 11 is 1.40. The van der Waals surface area contributed by atoms with Gasteiger partial charge in [-0.15, -0.1) is 0 Å². The fraction of sp³-hybridized carbons (Fsp3) is 0.0500. The van der Waals surface area contributed by atoms with Gasteiger partial charge in [-0.25, -0.2) is 15.0 Å². The quantitative estimate of drug-likeness (QED) is 0.464. The number of thioether (sulfide) groups is 1. The third-order valence-electron chi connectivity index (χ3n) is 4.41. The van der Waals surface area contributed by atoms with E-state index < -0.39 is 0 Å². The average molecular weight is 402 g/mol. The summed E-state index contributed by atoms with van der Waals surface area (Å²) < 4.78 is 3.33. The minimum Gasteiger partial charge on any atom is -0.311 e. The molecule has 0 fully saturated rings. The number of para-hydroxylation sites is 1. The Morgan fingerprint density at radius 3 is 2.69 bits per heavy atom. The molecule has 1 N–H and O–H groups in total. The first kappa shape index (κ1) is 17.4. The Kier molecular flexibility index (Phi) is 4.21. The number of nitrogens with one attached hydrogen (secondary N) is 1. The predicted octanol–water partition coefficient (Wildman–Crippen LogP) is 2.41. The molecule has 142 valence electrons. The van der Waals surface area contributed by atoms with Crippen LogP contribution < -0.4 is 11.1 Å². The monoisotopic (exact) mass is 402 g/mol. The summed E-state index contributed by atoms with van der Waals surface area (Å²) in [6, 6.07) is 16.5. The van der Waals surface area contributed by atoms with Crippen LogP contribution in [-0.4, -0.2) is 28.9 Å². The van der Waals surface area contributed by atoms with E-state index in [1.807, 2.05) is 41.0 Å². The maximum atomic E-state index is 12.3. The third kappa shape index (κ3) is 3.11. The lowest BCUT2D eigenvalue weighted by atomic mass is 10.3. The number of imidazole rings is 1. The van der Waals surface area contributed by atoms with Crippen LogP contribution in [0.4, 0.5) is 0 Å². The Hall–Kier alpha value is -3.72. The molecular formula is C20H14N6O2S. The number of nitrogens with zero attached hydrogens (tertiary/aromatic N) is 5. The van der Waals surface area contributed by atoms with Crippen LogP contribution in [0.5, 0.6) is 0 Å². The van der Waals surface area contributed by atoms with Crippen molar-refractivity contribution >= 4 is 28.6 Å². The van der Waals surface area contributed by atoms with Gasteiger partial charge in [0.2, 0.25) is 0 Å². The Morgan fingerprint density at radius 1 is 1.00 bits per heavy atom. The van der Waals surface area contributed by atoms with Crippen LogP contribution in [0.1, 0.15) is 5.69 Å². The van der Waals surface area contributed by atoms with Crippen LogP contribution in [0.3, 0.4) is 0 Å². The van der Waals surface area contributed by atoms with Crippen molar-refractivity contribution in [2.45, 2.75) is 10.9 Å². The highest BCUT2D eigenvalue weighted by Crippen LogP contribution is 2.27. The normalized spacial score (nSPS) is 11.3. The number of benzene rings is 1. The molecule has 29 heavy (non-hydrogen) atoms. The smallest absolute Gasteiger partial charge is 0.278 e. The van der Waals surface area contributed by atoms with Crippen molar-refractivity contribution in [1.82, 2.24) is 28.9 Å². The lowest BCUT2D eigenvalue weighted by Gasteiger charge is -2.08. The molecule has 1 aromatic carbocycles. The van der Waals surface area contributed by atoms with E-state index in [1.54, 1.807) is 18.3 Å². The van der Waals surface area contributed by atoms with Crippen molar-refractivity contribution in [2.24, 2.45) is 0 Å². The van der Waals surface area contributed by atoms with Crippen molar-refractivity contribution in [3.05, 3.63) is 93.5 Å². The maximum absolute atomic E-state index is 12.3. The molecule has 0 unspecified atom stereocenters. The molecule has 4 heterocycles. The molecule has 0 aliphatic carbocycles. The summed E-state index contributed by atoms with van der Waals surface area (Å²) in [6.45, 7) is 0. The lowest BCUT2D eigenvalue weighted by molar-refractivity contribution is 0.906. The van der Waals surface area contributed by atoms with E-state index in [0.717, 1.165) is 5.69 Å². The van der Waals surface area contributed by atoms with Crippen LogP contribution in [0.2, 0.25) is 0 Å². The van der Waals surface area contributed by atoms with E-state index in [4.69, 9.17) is 0 Å². The molecule has 5 rings (SSSR count). The zero-order chi connectivity index (χ0) is 19.8. The van der Waals surface area contributed by atoms with Crippen LogP contribution >= 0.6 is 11.8 Å². The summed E-state index contributed by atoms with van der Waals surface area (Å²) in [6.07, 6.45) is 3.06. The maximum Gasteiger partial charge on any atom is 0.278 e. The minimum absolute atomic E-state index is 0.138. The summed E-state index contributed by atoms with van der Waals surface area (Å²) in [7, 11) is 0. The molecule has 0 radical (unpaired) electrons. The van der Waals surface area contributed by atoms with Crippen LogP contribution in [0.25, 0.3) is 22.5 Å². The molecule has 8 nitrogen and oxygen atoms in total. The van der Waals surface area contributed by atoms with Crippen molar-refractivity contribution < 1.29 is 0 Å². The van der Waals surface area contributed by atoms with E-state index in [2.05, 4.69) is 19.9 Å². The Balaban J connectivity index is 1.58. The van der Waals surface area contributed by atoms with E-state index in [0.29, 0.717) is 27.9 Å². The van der Waals surface area contributed by atoms with Crippen molar-refractivity contribution in [3.63, 3.8) is 0 Å². The van der Waals surface area contributed by atoms with E-state index in [-0.39, 0.29) is 16.6 Å². The van der Waals surface area contributed by atoms with Gasteiger partial charge in [-0.1, -0.05) is 36.0 Å². The Labute approximate surface area is 167 Å². The summed E-state index contributed by atoms with van der Waals surface area (Å²) in [5.41, 5.74) is 2.39. The number of hydrogen-bond donors (Lipinski definition) is 1. The van der Waals surface area contributed by atoms with Crippen LogP contribution in [0, 0.1) is 0 Å². The molecule has 0 amide bonds. The second-order valence-corrected chi connectivity index (χ2v) is 7.21. The highest BCUT2D eigenvalue weighted by molar-refractivity contribution is 7.98. The number of H-pyrrole nitrogens is 1. The van der Waals surface area contributed by atoms with Crippen LogP contribution in [-0.2, 0) is 5.75 Å². The Bertz CT molecular complexity index is 1460. The van der Waals surface area contributed by atoms with Crippen molar-refractivity contribution in [3.8, 4) is 5.69 Å². The van der Waals surface area contributed by atoms with E-state index in [9.17, 15) is 9.59 Å². The fourth-order valence-corrected chi connectivity index (χ4v) is 4.01. The largest absolute Gasteiger partial charge is 0.311 e. The van der Waals surface area contributed by atoms with Gasteiger partial charge in [0.15, 0.2) is 16.3 Å². The highest BCUT2D eigenvalue weighted by Gasteiger charge is 2.17. The van der Waals surface area contributed by atoms with Gasteiger partial charge < -0.3 is 4.98 Å². The van der Waals surface area contributed by atoms with Crippen molar-refractivity contribution in [2.75, 3.05) is 0 Å². The SMILES string of the molecule is O=c1[nH]cnc2c1nc(SCc1cc(=O)n3ccccc3n1)n2-c1ccccc1. The topological polar surface area (TPSA) is 97.9 Å². The van der Waals surface area contributed by atoms with Gasteiger partial charge in [-0.05, 0) is 24.3 Å². The van der Waals surface area contributed by atoms with Gasteiger partial charge in [0.05, 0.1) is 12.0 Å². The van der Waals surface area contributed by atoms with Crippen molar-refractivity contribution in [1.29, 1.82) is 0 Å². The number of rotatable bonds is 4. The molecule has 0 spiro atoms. The second-order valence-electron chi connectivity index (χ2n) is 6.27. The average Bonchev–Trinajstić information content (AvgIpc) is 3.13. The number of fused-ring (bicyclic) bond motifs is 2. The molecule has 0 atom stereocenters. The van der Waals surface area contributed by atoms with Gasteiger partial charge in [0.25, 0.3) is 11.1 Å². The molecule has 5 aromatic rings. The van der Waals surface area contributed by atoms with Crippen LogP contribution in [0.15, 0.2) is 81.9 Å². The summed E-state index contributed by atoms with van der Waals surface area (Å²) in [4.78, 5) is 40.4. The molecule has 4 aromatic heterocycles. The third-order valence-corrected chi connectivity index (χ3v) is 5.38. The molecule has 0 saturated carbocycles.